The molecule has 0 bridgehead atoms. The van der Waals surface area contributed by atoms with E-state index in [1.165, 1.54) is 16.3 Å². The van der Waals surface area contributed by atoms with E-state index in [0.717, 1.165) is 17.7 Å². The van der Waals surface area contributed by atoms with E-state index in [0.29, 0.717) is 0 Å². The normalized spacial score (nSPS) is 19.1. The van der Waals surface area contributed by atoms with Crippen LogP contribution in [0.4, 0.5) is 5.69 Å². The van der Waals surface area contributed by atoms with Gasteiger partial charge in [0.25, 0.3) is 0 Å². The highest BCUT2D eigenvalue weighted by Crippen LogP contribution is 2.38. The summed E-state index contributed by atoms with van der Waals surface area (Å²) >= 11 is 0. The minimum atomic E-state index is 0.0797. The molecule has 1 aliphatic rings. The topological polar surface area (TPSA) is 52.0 Å². The van der Waals surface area contributed by atoms with Crippen LogP contribution >= 0.6 is 0 Å². The second kappa shape index (κ2) is 2.49. The molecule has 0 aliphatic heterocycles. The van der Waals surface area contributed by atoms with Crippen molar-refractivity contribution in [3.63, 3.8) is 0 Å². The first kappa shape index (κ1) is 7.83. The zero-order chi connectivity index (χ0) is 9.71. The van der Waals surface area contributed by atoms with Crippen LogP contribution in [0.1, 0.15) is 17.2 Å². The summed E-state index contributed by atoms with van der Waals surface area (Å²) in [5.41, 5.74) is 15.3. The van der Waals surface area contributed by atoms with E-state index in [2.05, 4.69) is 24.3 Å². The molecule has 2 aromatic rings. The molecular weight excluding hydrogens is 172 g/mol. The van der Waals surface area contributed by atoms with Crippen LogP contribution in [0.5, 0.6) is 0 Å². The third kappa shape index (κ3) is 0.836. The summed E-state index contributed by atoms with van der Waals surface area (Å²) in [6.45, 7) is 0. The average molecular weight is 184 g/mol. The maximum Gasteiger partial charge on any atom is 0.0369 e. The molecule has 4 N–H and O–H groups in total. The van der Waals surface area contributed by atoms with E-state index >= 15 is 0 Å². The predicted octanol–water partition coefficient (Wildman–Crippen LogP) is 1.98. The summed E-state index contributed by atoms with van der Waals surface area (Å²) in [5.74, 6) is 0. The number of benzene rings is 2. The summed E-state index contributed by atoms with van der Waals surface area (Å²) in [6, 6.07) is 10.4. The van der Waals surface area contributed by atoms with Crippen molar-refractivity contribution >= 4 is 16.5 Å². The summed E-state index contributed by atoms with van der Waals surface area (Å²) in [5, 5.41) is 2.53. The first-order valence-electron chi connectivity index (χ1n) is 4.83. The molecule has 0 amide bonds. The summed E-state index contributed by atoms with van der Waals surface area (Å²) in [6.07, 6.45) is 0.918. The quantitative estimate of drug-likeness (QED) is 0.615. The van der Waals surface area contributed by atoms with E-state index in [4.69, 9.17) is 11.5 Å². The Morgan fingerprint density at radius 1 is 1.14 bits per heavy atom. The second-order valence-corrected chi connectivity index (χ2v) is 3.89. The molecule has 0 saturated carbocycles. The molecule has 1 atom stereocenters. The highest BCUT2D eigenvalue weighted by atomic mass is 14.7. The largest absolute Gasteiger partial charge is 0.398 e. The first-order valence-corrected chi connectivity index (χ1v) is 4.83. The fourth-order valence-corrected chi connectivity index (χ4v) is 2.41. The lowest BCUT2D eigenvalue weighted by Gasteiger charge is -2.07. The molecule has 1 aliphatic carbocycles. The van der Waals surface area contributed by atoms with Gasteiger partial charge in [-0.15, -0.1) is 0 Å². The van der Waals surface area contributed by atoms with E-state index < -0.39 is 0 Å². The number of hydrogen-bond donors (Lipinski definition) is 2. The molecule has 2 aromatic carbocycles. The number of hydrogen-bond acceptors (Lipinski definition) is 2. The zero-order valence-corrected chi connectivity index (χ0v) is 7.83. The number of nitrogens with two attached hydrogens (primary N) is 2. The van der Waals surface area contributed by atoms with Crippen molar-refractivity contribution in [2.24, 2.45) is 5.73 Å². The van der Waals surface area contributed by atoms with Crippen LogP contribution in [0.2, 0.25) is 0 Å². The third-order valence-corrected chi connectivity index (χ3v) is 3.02. The van der Waals surface area contributed by atoms with Gasteiger partial charge in [0.15, 0.2) is 0 Å². The Morgan fingerprint density at radius 2 is 2.00 bits per heavy atom. The van der Waals surface area contributed by atoms with Gasteiger partial charge in [0.1, 0.15) is 0 Å². The second-order valence-electron chi connectivity index (χ2n) is 3.89. The Kier molecular flexibility index (Phi) is 1.39. The average Bonchev–Trinajstić information content (AvgIpc) is 2.51. The minimum absolute atomic E-state index is 0.0797. The maximum absolute atomic E-state index is 6.06. The van der Waals surface area contributed by atoms with E-state index in [1.54, 1.807) is 0 Å². The molecule has 0 aromatic heterocycles. The van der Waals surface area contributed by atoms with Gasteiger partial charge in [-0.05, 0) is 28.8 Å². The molecular formula is C12H12N2. The molecule has 0 saturated heterocycles. The Labute approximate surface area is 82.5 Å². The predicted molar refractivity (Wildman–Crippen MR) is 59.0 cm³/mol. The van der Waals surface area contributed by atoms with Crippen molar-refractivity contribution in [1.82, 2.24) is 0 Å². The number of nitrogen functional groups attached to an aromatic ring is 1. The van der Waals surface area contributed by atoms with Crippen molar-refractivity contribution in [1.29, 1.82) is 0 Å². The van der Waals surface area contributed by atoms with Gasteiger partial charge in [-0.1, -0.05) is 24.3 Å². The summed E-state index contributed by atoms with van der Waals surface area (Å²) in [4.78, 5) is 0. The molecule has 1 unspecified atom stereocenters. The van der Waals surface area contributed by atoms with Crippen LogP contribution in [0.25, 0.3) is 10.8 Å². The van der Waals surface area contributed by atoms with E-state index in [-0.39, 0.29) is 6.04 Å². The van der Waals surface area contributed by atoms with Crippen molar-refractivity contribution in [2.45, 2.75) is 12.5 Å². The molecule has 70 valence electrons. The van der Waals surface area contributed by atoms with Crippen molar-refractivity contribution in [3.05, 3.63) is 41.5 Å². The van der Waals surface area contributed by atoms with Crippen molar-refractivity contribution in [3.8, 4) is 0 Å². The fourth-order valence-electron chi connectivity index (χ4n) is 2.41. The van der Waals surface area contributed by atoms with E-state index in [1.807, 2.05) is 6.07 Å². The zero-order valence-electron chi connectivity index (χ0n) is 7.83. The van der Waals surface area contributed by atoms with Gasteiger partial charge >= 0.3 is 0 Å². The fraction of sp³-hybridized carbons (Fsp3) is 0.167. The molecule has 2 heteroatoms. The number of anilines is 1. The summed E-state index contributed by atoms with van der Waals surface area (Å²) in [7, 11) is 0. The molecule has 2 nitrogen and oxygen atoms in total. The van der Waals surface area contributed by atoms with Crippen molar-refractivity contribution in [2.75, 3.05) is 5.73 Å². The van der Waals surface area contributed by atoms with Crippen LogP contribution in [0.3, 0.4) is 0 Å². The SMILES string of the molecule is Nc1ccc2cccc3c2c1C(N)C3. The third-order valence-electron chi connectivity index (χ3n) is 3.02. The van der Waals surface area contributed by atoms with E-state index in [9.17, 15) is 0 Å². The van der Waals surface area contributed by atoms with Gasteiger partial charge < -0.3 is 11.5 Å². The van der Waals surface area contributed by atoms with Crippen LogP contribution in [-0.4, -0.2) is 0 Å². The van der Waals surface area contributed by atoms with Gasteiger partial charge in [0.2, 0.25) is 0 Å². The first-order chi connectivity index (χ1) is 6.77. The lowest BCUT2D eigenvalue weighted by atomic mass is 10.0. The molecule has 0 spiro atoms. The van der Waals surface area contributed by atoms with Gasteiger partial charge in [0, 0.05) is 17.3 Å². The van der Waals surface area contributed by atoms with Gasteiger partial charge in [0.05, 0.1) is 0 Å². The Hall–Kier alpha value is -1.54. The van der Waals surface area contributed by atoms with Gasteiger partial charge in [-0.2, -0.15) is 0 Å². The molecule has 0 radical (unpaired) electrons. The van der Waals surface area contributed by atoms with Crippen molar-refractivity contribution < 1.29 is 0 Å². The van der Waals surface area contributed by atoms with Crippen LogP contribution in [0.15, 0.2) is 30.3 Å². The maximum atomic E-state index is 6.06. The molecule has 0 fully saturated rings. The van der Waals surface area contributed by atoms with Gasteiger partial charge in [-0.3, -0.25) is 0 Å². The molecule has 0 heterocycles. The number of rotatable bonds is 0. The molecule has 14 heavy (non-hydrogen) atoms. The van der Waals surface area contributed by atoms with Crippen LogP contribution < -0.4 is 11.5 Å². The monoisotopic (exact) mass is 184 g/mol. The van der Waals surface area contributed by atoms with Crippen LogP contribution in [0, 0.1) is 0 Å². The Balaban J connectivity index is 2.53. The Morgan fingerprint density at radius 3 is 2.86 bits per heavy atom. The lowest BCUT2D eigenvalue weighted by Crippen LogP contribution is -2.09. The smallest absolute Gasteiger partial charge is 0.0369 e. The standard InChI is InChI=1S/C12H12N2/c13-9-5-4-7-2-1-3-8-6-10(14)12(9)11(7)8/h1-5,10H,6,13-14H2. The molecule has 3 rings (SSSR count). The Bertz CT molecular complexity index is 517. The summed E-state index contributed by atoms with van der Waals surface area (Å²) < 4.78 is 0. The minimum Gasteiger partial charge on any atom is -0.398 e. The highest BCUT2D eigenvalue weighted by molar-refractivity contribution is 5.94. The van der Waals surface area contributed by atoms with Crippen LogP contribution in [-0.2, 0) is 6.42 Å². The lowest BCUT2D eigenvalue weighted by molar-refractivity contribution is 0.759. The highest BCUT2D eigenvalue weighted by Gasteiger charge is 2.22. The van der Waals surface area contributed by atoms with Gasteiger partial charge in [-0.25, -0.2) is 0 Å².